The quantitative estimate of drug-likeness (QED) is 0.657. The molecule has 0 radical (unpaired) electrons. The van der Waals surface area contributed by atoms with E-state index < -0.39 is 5.00 Å². The summed E-state index contributed by atoms with van der Waals surface area (Å²) in [5, 5.41) is 13.2. The van der Waals surface area contributed by atoms with Crippen LogP contribution < -0.4 is 5.32 Å². The minimum atomic E-state index is -0.555. The minimum Gasteiger partial charge on any atom is -0.396 e. The molecule has 0 amide bonds. The second-order valence-electron chi connectivity index (χ2n) is 5.68. The van der Waals surface area contributed by atoms with E-state index in [0.29, 0.717) is 6.42 Å². The van der Waals surface area contributed by atoms with Crippen LogP contribution in [0.1, 0.15) is 28.7 Å². The standard InChI is InChI=1S/C17H16ClNO/c18-17-11-12-5-1-2-6-13(12)16(19-17,9-10-20)14-7-3-4-8-15(14)17/h1-8,19-20H,9-11H2. The molecule has 102 valence electrons. The number of aliphatic hydroxyl groups is 1. The molecule has 2 aromatic rings. The van der Waals surface area contributed by atoms with Crippen LogP contribution in [0.2, 0.25) is 0 Å². The van der Waals surface area contributed by atoms with Crippen molar-refractivity contribution < 1.29 is 5.11 Å². The number of fused-ring (bicyclic) bond motifs is 7. The molecule has 0 saturated carbocycles. The van der Waals surface area contributed by atoms with Crippen molar-refractivity contribution >= 4 is 11.6 Å². The summed E-state index contributed by atoms with van der Waals surface area (Å²) < 4.78 is 0. The molecule has 2 unspecified atom stereocenters. The third-order valence-electron chi connectivity index (χ3n) is 4.62. The van der Waals surface area contributed by atoms with Crippen molar-refractivity contribution in [1.82, 2.24) is 5.32 Å². The van der Waals surface area contributed by atoms with Crippen molar-refractivity contribution in [3.63, 3.8) is 0 Å². The molecular weight excluding hydrogens is 270 g/mol. The first-order chi connectivity index (χ1) is 9.70. The number of nitrogens with one attached hydrogen (secondary N) is 1. The van der Waals surface area contributed by atoms with E-state index in [1.807, 2.05) is 12.1 Å². The lowest BCUT2D eigenvalue weighted by molar-refractivity contribution is 0.219. The number of benzene rings is 2. The maximum Gasteiger partial charge on any atom is 0.124 e. The van der Waals surface area contributed by atoms with Crippen LogP contribution in [0.3, 0.4) is 0 Å². The third kappa shape index (κ3) is 1.42. The van der Waals surface area contributed by atoms with Crippen molar-refractivity contribution in [2.24, 2.45) is 0 Å². The van der Waals surface area contributed by atoms with Gasteiger partial charge in [-0.05, 0) is 28.7 Å². The Morgan fingerprint density at radius 1 is 1.00 bits per heavy atom. The molecule has 4 rings (SSSR count). The zero-order chi connectivity index (χ0) is 13.8. The summed E-state index contributed by atoms with van der Waals surface area (Å²) in [7, 11) is 0. The van der Waals surface area contributed by atoms with Gasteiger partial charge >= 0.3 is 0 Å². The summed E-state index contributed by atoms with van der Waals surface area (Å²) in [6.45, 7) is 0.128. The minimum absolute atomic E-state index is 0.128. The second kappa shape index (κ2) is 4.08. The molecule has 0 aliphatic carbocycles. The van der Waals surface area contributed by atoms with Gasteiger partial charge in [-0.1, -0.05) is 60.1 Å². The lowest BCUT2D eigenvalue weighted by Gasteiger charge is -2.40. The maximum atomic E-state index is 9.59. The van der Waals surface area contributed by atoms with E-state index in [0.717, 1.165) is 12.0 Å². The van der Waals surface area contributed by atoms with Gasteiger partial charge in [0.05, 0.1) is 5.54 Å². The van der Waals surface area contributed by atoms with Gasteiger partial charge in [-0.15, -0.1) is 0 Å². The van der Waals surface area contributed by atoms with Gasteiger partial charge in [-0.25, -0.2) is 0 Å². The highest BCUT2D eigenvalue weighted by Gasteiger charge is 2.55. The maximum absolute atomic E-state index is 9.59. The fourth-order valence-corrected chi connectivity index (χ4v) is 4.35. The Kier molecular flexibility index (Phi) is 2.53. The number of hydrogen-bond donors (Lipinski definition) is 2. The molecule has 2 aromatic carbocycles. The Bertz CT molecular complexity index is 686. The van der Waals surface area contributed by atoms with Gasteiger partial charge in [-0.2, -0.15) is 0 Å². The molecule has 2 aliphatic rings. The van der Waals surface area contributed by atoms with Gasteiger partial charge in [0.25, 0.3) is 0 Å². The molecule has 0 saturated heterocycles. The highest BCUT2D eigenvalue weighted by atomic mass is 35.5. The van der Waals surface area contributed by atoms with E-state index in [-0.39, 0.29) is 12.1 Å². The number of rotatable bonds is 2. The van der Waals surface area contributed by atoms with Crippen molar-refractivity contribution in [2.45, 2.75) is 23.4 Å². The number of alkyl halides is 1. The monoisotopic (exact) mass is 285 g/mol. The molecule has 2 nitrogen and oxygen atoms in total. The lowest BCUT2D eigenvalue weighted by Crippen LogP contribution is -2.51. The molecule has 2 aliphatic heterocycles. The summed E-state index contributed by atoms with van der Waals surface area (Å²) in [4.78, 5) is -0.555. The average Bonchev–Trinajstić information content (AvgIpc) is 2.66. The summed E-state index contributed by atoms with van der Waals surface area (Å²) in [6.07, 6.45) is 1.41. The first-order valence-corrected chi connectivity index (χ1v) is 7.35. The van der Waals surface area contributed by atoms with E-state index in [1.165, 1.54) is 16.7 Å². The smallest absolute Gasteiger partial charge is 0.124 e. The molecule has 0 fully saturated rings. The van der Waals surface area contributed by atoms with Crippen LogP contribution in [0.15, 0.2) is 48.5 Å². The van der Waals surface area contributed by atoms with Crippen LogP contribution >= 0.6 is 11.6 Å². The Morgan fingerprint density at radius 3 is 2.40 bits per heavy atom. The fourth-order valence-electron chi connectivity index (χ4n) is 3.88. The van der Waals surface area contributed by atoms with E-state index >= 15 is 0 Å². The zero-order valence-electron chi connectivity index (χ0n) is 11.1. The Hall–Kier alpha value is -1.35. The van der Waals surface area contributed by atoms with E-state index in [2.05, 4.69) is 41.7 Å². The molecular formula is C17H16ClNO. The van der Waals surface area contributed by atoms with Crippen LogP contribution in [-0.2, 0) is 17.0 Å². The van der Waals surface area contributed by atoms with Crippen LogP contribution in [0.25, 0.3) is 0 Å². The Balaban J connectivity index is 2.06. The number of aliphatic hydroxyl groups excluding tert-OH is 1. The molecule has 0 aromatic heterocycles. The van der Waals surface area contributed by atoms with Crippen molar-refractivity contribution in [3.05, 3.63) is 70.8 Å². The van der Waals surface area contributed by atoms with Gasteiger partial charge < -0.3 is 5.11 Å². The number of halogens is 1. The average molecular weight is 286 g/mol. The number of hydrogen-bond acceptors (Lipinski definition) is 2. The lowest BCUT2D eigenvalue weighted by atomic mass is 9.78. The summed E-state index contributed by atoms with van der Waals surface area (Å²) in [5.41, 5.74) is 4.50. The second-order valence-corrected chi connectivity index (χ2v) is 6.33. The van der Waals surface area contributed by atoms with Crippen molar-refractivity contribution in [1.29, 1.82) is 0 Å². The van der Waals surface area contributed by atoms with Crippen molar-refractivity contribution in [2.75, 3.05) is 6.61 Å². The molecule has 2 bridgehead atoms. The highest BCUT2D eigenvalue weighted by Crippen LogP contribution is 2.54. The van der Waals surface area contributed by atoms with Crippen LogP contribution in [-0.4, -0.2) is 11.7 Å². The fraction of sp³-hybridized carbons (Fsp3) is 0.294. The molecule has 2 atom stereocenters. The normalized spacial score (nSPS) is 29.9. The molecule has 0 spiro atoms. The van der Waals surface area contributed by atoms with Crippen LogP contribution in [0.4, 0.5) is 0 Å². The Morgan fingerprint density at radius 2 is 1.65 bits per heavy atom. The summed E-state index contributed by atoms with van der Waals surface area (Å²) in [5.74, 6) is 0. The highest BCUT2D eigenvalue weighted by molar-refractivity contribution is 6.24. The van der Waals surface area contributed by atoms with Crippen LogP contribution in [0.5, 0.6) is 0 Å². The largest absolute Gasteiger partial charge is 0.396 e. The predicted molar refractivity (Wildman–Crippen MR) is 79.7 cm³/mol. The van der Waals surface area contributed by atoms with E-state index in [1.54, 1.807) is 0 Å². The zero-order valence-corrected chi connectivity index (χ0v) is 11.8. The Labute approximate surface area is 123 Å². The SMILES string of the molecule is OCCC12NC(Cl)(Cc3ccccc31)c1ccccc12. The van der Waals surface area contributed by atoms with Crippen molar-refractivity contribution in [3.8, 4) is 0 Å². The van der Waals surface area contributed by atoms with Crippen LogP contribution in [0, 0.1) is 0 Å². The van der Waals surface area contributed by atoms with Gasteiger partial charge in [-0.3, -0.25) is 5.32 Å². The molecule has 20 heavy (non-hydrogen) atoms. The van der Waals surface area contributed by atoms with Gasteiger partial charge in [0.15, 0.2) is 0 Å². The summed E-state index contributed by atoms with van der Waals surface area (Å²) in [6, 6.07) is 16.7. The first kappa shape index (κ1) is 12.4. The summed E-state index contributed by atoms with van der Waals surface area (Å²) >= 11 is 6.89. The predicted octanol–water partition coefficient (Wildman–Crippen LogP) is 2.86. The molecule has 3 heteroatoms. The molecule has 2 heterocycles. The van der Waals surface area contributed by atoms with Gasteiger partial charge in [0.2, 0.25) is 0 Å². The third-order valence-corrected chi connectivity index (χ3v) is 5.06. The first-order valence-electron chi connectivity index (χ1n) is 6.97. The van der Waals surface area contributed by atoms with Gasteiger partial charge in [0, 0.05) is 13.0 Å². The topological polar surface area (TPSA) is 32.3 Å². The molecule has 2 N–H and O–H groups in total. The van der Waals surface area contributed by atoms with E-state index in [4.69, 9.17) is 11.6 Å². The van der Waals surface area contributed by atoms with E-state index in [9.17, 15) is 5.11 Å². The van der Waals surface area contributed by atoms with Gasteiger partial charge in [0.1, 0.15) is 5.00 Å².